The van der Waals surface area contributed by atoms with E-state index in [0.29, 0.717) is 6.54 Å². The molecule has 0 radical (unpaired) electrons. The van der Waals surface area contributed by atoms with Gasteiger partial charge in [0.1, 0.15) is 16.8 Å². The summed E-state index contributed by atoms with van der Waals surface area (Å²) in [7, 11) is 1.63. The number of rotatable bonds is 3. The lowest BCUT2D eigenvalue weighted by Gasteiger charge is -2.31. The molecule has 1 aromatic rings. The highest BCUT2D eigenvalue weighted by molar-refractivity contribution is 5.84. The first kappa shape index (κ1) is 14.9. The van der Waals surface area contributed by atoms with Gasteiger partial charge in [0.15, 0.2) is 0 Å². The molecule has 0 bridgehead atoms. The van der Waals surface area contributed by atoms with E-state index >= 15 is 0 Å². The Morgan fingerprint density at radius 1 is 1.25 bits per heavy atom. The van der Waals surface area contributed by atoms with Crippen molar-refractivity contribution in [3.63, 3.8) is 0 Å². The van der Waals surface area contributed by atoms with Crippen LogP contribution in [-0.4, -0.2) is 31.8 Å². The van der Waals surface area contributed by atoms with E-state index in [9.17, 15) is 4.79 Å². The van der Waals surface area contributed by atoms with Crippen LogP contribution >= 0.6 is 0 Å². The summed E-state index contributed by atoms with van der Waals surface area (Å²) in [6.45, 7) is 7.14. The Hall–Kier alpha value is -1.55. The molecular formula is C16H23NO3. The molecular weight excluding hydrogens is 254 g/mol. The molecule has 1 saturated heterocycles. The SMILES string of the molecule is COc1ccc(C2(C(=O)OC(C)(C)C)CCNC2)cc1. The van der Waals surface area contributed by atoms with Gasteiger partial charge in [-0.3, -0.25) is 4.79 Å². The Kier molecular flexibility index (Phi) is 4.04. The van der Waals surface area contributed by atoms with Crippen LogP contribution < -0.4 is 10.1 Å². The zero-order chi connectivity index (χ0) is 14.8. The first-order valence-electron chi connectivity index (χ1n) is 6.96. The molecule has 0 spiro atoms. The van der Waals surface area contributed by atoms with E-state index in [2.05, 4.69) is 5.32 Å². The molecule has 1 aromatic carbocycles. The van der Waals surface area contributed by atoms with Gasteiger partial charge in [-0.15, -0.1) is 0 Å². The molecule has 0 aromatic heterocycles. The number of esters is 1. The first-order chi connectivity index (χ1) is 9.37. The van der Waals surface area contributed by atoms with Crippen molar-refractivity contribution in [3.05, 3.63) is 29.8 Å². The van der Waals surface area contributed by atoms with E-state index in [4.69, 9.17) is 9.47 Å². The quantitative estimate of drug-likeness (QED) is 0.861. The predicted molar refractivity (Wildman–Crippen MR) is 78.0 cm³/mol. The summed E-state index contributed by atoms with van der Waals surface area (Å²) < 4.78 is 10.8. The number of carbonyl (C=O) groups excluding carboxylic acids is 1. The van der Waals surface area contributed by atoms with E-state index in [1.807, 2.05) is 45.0 Å². The second kappa shape index (κ2) is 5.44. The fourth-order valence-electron chi connectivity index (χ4n) is 2.52. The normalized spacial score (nSPS) is 22.6. The van der Waals surface area contributed by atoms with Crippen molar-refractivity contribution in [3.8, 4) is 5.75 Å². The first-order valence-corrected chi connectivity index (χ1v) is 6.96. The standard InChI is InChI=1S/C16H23NO3/c1-15(2,3)20-14(18)16(9-10-17-11-16)12-5-7-13(19-4)8-6-12/h5-8,17H,9-11H2,1-4H3. The van der Waals surface area contributed by atoms with Crippen LogP contribution in [-0.2, 0) is 14.9 Å². The molecule has 2 rings (SSSR count). The fourth-order valence-corrected chi connectivity index (χ4v) is 2.52. The zero-order valence-corrected chi connectivity index (χ0v) is 12.7. The molecule has 0 amide bonds. The summed E-state index contributed by atoms with van der Waals surface area (Å²) >= 11 is 0. The zero-order valence-electron chi connectivity index (χ0n) is 12.7. The highest BCUT2D eigenvalue weighted by Crippen LogP contribution is 2.34. The van der Waals surface area contributed by atoms with Gasteiger partial charge in [-0.25, -0.2) is 0 Å². The average molecular weight is 277 g/mol. The number of carbonyl (C=O) groups is 1. The third-order valence-electron chi connectivity index (χ3n) is 3.59. The number of nitrogens with one attached hydrogen (secondary N) is 1. The maximum Gasteiger partial charge on any atom is 0.318 e. The second-order valence-corrected chi connectivity index (χ2v) is 6.24. The van der Waals surface area contributed by atoms with E-state index in [1.165, 1.54) is 0 Å². The molecule has 0 saturated carbocycles. The van der Waals surface area contributed by atoms with Crippen LogP contribution in [0.15, 0.2) is 24.3 Å². The molecule has 1 heterocycles. The summed E-state index contributed by atoms with van der Waals surface area (Å²) in [5.41, 5.74) is -0.0730. The fraction of sp³-hybridized carbons (Fsp3) is 0.562. The summed E-state index contributed by atoms with van der Waals surface area (Å²) in [6, 6.07) is 7.69. The largest absolute Gasteiger partial charge is 0.497 e. The maximum atomic E-state index is 12.6. The number of benzene rings is 1. The second-order valence-electron chi connectivity index (χ2n) is 6.24. The Labute approximate surface area is 120 Å². The van der Waals surface area contributed by atoms with Gasteiger partial charge >= 0.3 is 5.97 Å². The van der Waals surface area contributed by atoms with E-state index in [1.54, 1.807) is 7.11 Å². The molecule has 1 aliphatic rings. The lowest BCUT2D eigenvalue weighted by Crippen LogP contribution is -2.42. The Balaban J connectivity index is 2.31. The van der Waals surface area contributed by atoms with Crippen molar-refractivity contribution in [2.45, 2.75) is 38.2 Å². The molecule has 1 unspecified atom stereocenters. The van der Waals surface area contributed by atoms with Crippen LogP contribution in [0.25, 0.3) is 0 Å². The van der Waals surface area contributed by atoms with Crippen LogP contribution in [0.2, 0.25) is 0 Å². The minimum atomic E-state index is -0.584. The van der Waals surface area contributed by atoms with Gasteiger partial charge in [0, 0.05) is 6.54 Å². The molecule has 4 heteroatoms. The molecule has 0 aliphatic carbocycles. The van der Waals surface area contributed by atoms with E-state index in [0.717, 1.165) is 24.3 Å². The van der Waals surface area contributed by atoms with Crippen molar-refractivity contribution < 1.29 is 14.3 Å². The van der Waals surface area contributed by atoms with Gasteiger partial charge in [0.05, 0.1) is 7.11 Å². The van der Waals surface area contributed by atoms with Crippen molar-refractivity contribution >= 4 is 5.97 Å². The molecule has 1 N–H and O–H groups in total. The molecule has 1 atom stereocenters. The van der Waals surface area contributed by atoms with Crippen molar-refractivity contribution in [1.82, 2.24) is 5.32 Å². The van der Waals surface area contributed by atoms with Gasteiger partial charge in [-0.05, 0) is 51.4 Å². The number of hydrogen-bond donors (Lipinski definition) is 1. The van der Waals surface area contributed by atoms with Crippen molar-refractivity contribution in [1.29, 1.82) is 0 Å². The van der Waals surface area contributed by atoms with E-state index in [-0.39, 0.29) is 5.97 Å². The highest BCUT2D eigenvalue weighted by Gasteiger charge is 2.45. The topological polar surface area (TPSA) is 47.6 Å². The van der Waals surface area contributed by atoms with Crippen LogP contribution in [0.5, 0.6) is 5.75 Å². The highest BCUT2D eigenvalue weighted by atomic mass is 16.6. The van der Waals surface area contributed by atoms with Crippen LogP contribution in [0, 0.1) is 0 Å². The van der Waals surface area contributed by atoms with Crippen molar-refractivity contribution in [2.24, 2.45) is 0 Å². The minimum absolute atomic E-state index is 0.153. The summed E-state index contributed by atoms with van der Waals surface area (Å²) in [4.78, 5) is 12.6. The number of methoxy groups -OCH3 is 1. The number of hydrogen-bond acceptors (Lipinski definition) is 4. The lowest BCUT2D eigenvalue weighted by atomic mass is 9.79. The van der Waals surface area contributed by atoms with Crippen LogP contribution in [0.3, 0.4) is 0 Å². The Bertz CT molecular complexity index is 467. The lowest BCUT2D eigenvalue weighted by molar-refractivity contribution is -0.161. The Morgan fingerprint density at radius 2 is 1.90 bits per heavy atom. The van der Waals surface area contributed by atoms with Gasteiger partial charge in [0.2, 0.25) is 0 Å². The predicted octanol–water partition coefficient (Wildman–Crippen LogP) is 2.27. The van der Waals surface area contributed by atoms with Gasteiger partial charge in [0.25, 0.3) is 0 Å². The average Bonchev–Trinajstić information content (AvgIpc) is 2.87. The third-order valence-corrected chi connectivity index (χ3v) is 3.59. The summed E-state index contributed by atoms with van der Waals surface area (Å²) in [5, 5.41) is 3.27. The molecule has 4 nitrogen and oxygen atoms in total. The molecule has 20 heavy (non-hydrogen) atoms. The van der Waals surface area contributed by atoms with Crippen LogP contribution in [0.1, 0.15) is 32.8 Å². The van der Waals surface area contributed by atoms with E-state index < -0.39 is 11.0 Å². The summed E-state index contributed by atoms with van der Waals surface area (Å²) in [5.74, 6) is 0.638. The van der Waals surface area contributed by atoms with Gasteiger partial charge in [-0.1, -0.05) is 12.1 Å². The number of ether oxygens (including phenoxy) is 2. The van der Waals surface area contributed by atoms with Crippen molar-refractivity contribution in [2.75, 3.05) is 20.2 Å². The molecule has 1 aliphatic heterocycles. The maximum absolute atomic E-state index is 12.6. The third kappa shape index (κ3) is 2.96. The molecule has 110 valence electrons. The van der Waals surface area contributed by atoms with Gasteiger partial charge < -0.3 is 14.8 Å². The summed E-state index contributed by atoms with van der Waals surface area (Å²) in [6.07, 6.45) is 0.758. The Morgan fingerprint density at radius 3 is 2.35 bits per heavy atom. The van der Waals surface area contributed by atoms with Gasteiger partial charge in [-0.2, -0.15) is 0 Å². The molecule has 1 fully saturated rings. The van der Waals surface area contributed by atoms with Crippen LogP contribution in [0.4, 0.5) is 0 Å². The minimum Gasteiger partial charge on any atom is -0.497 e. The smallest absolute Gasteiger partial charge is 0.318 e. The monoisotopic (exact) mass is 277 g/mol.